The molecule has 0 saturated heterocycles. The van der Waals surface area contributed by atoms with Crippen molar-refractivity contribution >= 4 is 53.7 Å². The summed E-state index contributed by atoms with van der Waals surface area (Å²) in [6, 6.07) is 0. The number of aliphatic carboxylic acids is 9. The van der Waals surface area contributed by atoms with Gasteiger partial charge in [-0.25, -0.2) is 0 Å². The third-order valence-electron chi connectivity index (χ3n) is 3.76. The molecular formula is C18H15O21Zr-5. The third-order valence-corrected chi connectivity index (χ3v) is 3.76. The van der Waals surface area contributed by atoms with Crippen LogP contribution in [0.15, 0.2) is 0 Å². The molecule has 0 unspecified atom stereocenters. The second-order valence-electron chi connectivity index (χ2n) is 7.25. The van der Waals surface area contributed by atoms with Crippen molar-refractivity contribution in [1.29, 1.82) is 0 Å². The van der Waals surface area contributed by atoms with Gasteiger partial charge in [0.15, 0.2) is 0 Å². The Labute approximate surface area is 239 Å². The summed E-state index contributed by atoms with van der Waals surface area (Å²) in [5.74, 6) is -18.0. The predicted octanol–water partition coefficient (Wildman–Crippen LogP) is -15.8. The van der Waals surface area contributed by atoms with E-state index in [4.69, 9.17) is 15.3 Å². The average molecular weight is 659 g/mol. The normalized spacial score (nSPS) is 10.6. The van der Waals surface area contributed by atoms with E-state index in [0.29, 0.717) is 0 Å². The van der Waals surface area contributed by atoms with Crippen molar-refractivity contribution in [3.8, 4) is 0 Å². The van der Waals surface area contributed by atoms with Crippen molar-refractivity contribution in [2.24, 2.45) is 0 Å². The minimum atomic E-state index is -2.97. The Hall–Kier alpha value is -4.01. The van der Waals surface area contributed by atoms with Crippen molar-refractivity contribution in [2.45, 2.75) is 55.3 Å². The molecule has 0 aliphatic rings. The van der Waals surface area contributed by atoms with Gasteiger partial charge in [0.25, 0.3) is 0 Å². The molecule has 0 bridgehead atoms. The fraction of sp³-hybridized carbons (Fsp3) is 0.500. The number of hydrogen-bond acceptors (Lipinski definition) is 21. The molecule has 0 amide bonds. The largest absolute Gasteiger partial charge is 4.00 e. The van der Waals surface area contributed by atoms with E-state index in [2.05, 4.69) is 0 Å². The Morgan fingerprint density at radius 3 is 0.500 bits per heavy atom. The molecule has 0 aromatic carbocycles. The number of carbonyl (C=O) groups is 9. The van der Waals surface area contributed by atoms with Gasteiger partial charge in [0, 0.05) is 74.3 Å². The van der Waals surface area contributed by atoms with Crippen LogP contribution in [0.25, 0.3) is 0 Å². The molecule has 0 radical (unpaired) electrons. The number of carboxylic acids is 9. The zero-order chi connectivity index (χ0) is 31.9. The van der Waals surface area contributed by atoms with Gasteiger partial charge in [0.1, 0.15) is 16.8 Å². The molecule has 0 rings (SSSR count). The summed E-state index contributed by atoms with van der Waals surface area (Å²) in [6.45, 7) is 0. The molecule has 0 aromatic rings. The van der Waals surface area contributed by atoms with Crippen LogP contribution in [-0.4, -0.2) is 85.8 Å². The van der Waals surface area contributed by atoms with Crippen molar-refractivity contribution in [1.82, 2.24) is 0 Å². The summed E-state index contributed by atoms with van der Waals surface area (Å²) < 4.78 is 0. The zero-order valence-corrected chi connectivity index (χ0v) is 21.9. The van der Waals surface area contributed by atoms with Crippen molar-refractivity contribution in [3.63, 3.8) is 0 Å². The second kappa shape index (κ2) is 18.3. The van der Waals surface area contributed by atoms with Crippen LogP contribution >= 0.6 is 0 Å². The van der Waals surface area contributed by atoms with Gasteiger partial charge in [-0.2, -0.15) is 0 Å². The molecular weight excluding hydrogens is 643 g/mol. The summed E-state index contributed by atoms with van der Waals surface area (Å²) in [7, 11) is 0. The first-order valence-electron chi connectivity index (χ1n) is 9.34. The van der Waals surface area contributed by atoms with Gasteiger partial charge in [0.05, 0.1) is 17.9 Å². The maximum absolute atomic E-state index is 10.1. The number of rotatable bonds is 15. The maximum Gasteiger partial charge on any atom is 4.00 e. The summed E-state index contributed by atoms with van der Waals surface area (Å²) >= 11 is 0. The van der Waals surface area contributed by atoms with E-state index in [0.717, 1.165) is 0 Å². The van der Waals surface area contributed by atoms with Crippen LogP contribution in [0.1, 0.15) is 38.5 Å². The molecule has 40 heavy (non-hydrogen) atoms. The van der Waals surface area contributed by atoms with Gasteiger partial charge in [-0.1, -0.05) is 0 Å². The van der Waals surface area contributed by atoms with E-state index < -0.39 is 109 Å². The zero-order valence-electron chi connectivity index (χ0n) is 19.4. The Kier molecular flexibility index (Phi) is 19.7. The molecule has 0 aliphatic heterocycles. The molecule has 3 N–H and O–H groups in total. The van der Waals surface area contributed by atoms with Gasteiger partial charge in [0.2, 0.25) is 0 Å². The number of carboxylic acid groups (broad SMARTS) is 9. The van der Waals surface area contributed by atoms with E-state index in [1.54, 1.807) is 0 Å². The monoisotopic (exact) mass is 657 g/mol. The van der Waals surface area contributed by atoms with Crippen LogP contribution in [0.5, 0.6) is 0 Å². The van der Waals surface area contributed by atoms with Gasteiger partial charge in [-0.15, -0.1) is 0 Å². The molecule has 0 aliphatic carbocycles. The minimum Gasteiger partial charge on any atom is -0.550 e. The molecule has 0 heterocycles. The molecule has 0 spiro atoms. The summed E-state index contributed by atoms with van der Waals surface area (Å²) in [5.41, 5.74) is -8.92. The molecule has 21 nitrogen and oxygen atoms in total. The summed E-state index contributed by atoms with van der Waals surface area (Å²) in [6.07, 6.45) is -8.15. The van der Waals surface area contributed by atoms with Crippen molar-refractivity contribution in [2.75, 3.05) is 0 Å². The Morgan fingerprint density at radius 2 is 0.450 bits per heavy atom. The molecule has 0 aromatic heterocycles. The Morgan fingerprint density at radius 1 is 0.350 bits per heavy atom. The van der Waals surface area contributed by atoms with Gasteiger partial charge in [-0.3, -0.25) is 0 Å². The number of hydrogen-bond donors (Lipinski definition) is 3. The number of carbonyl (C=O) groups excluding carboxylic acids is 9. The van der Waals surface area contributed by atoms with Crippen molar-refractivity contribution < 1.29 is 131 Å². The van der Waals surface area contributed by atoms with Crippen LogP contribution in [0.4, 0.5) is 0 Å². The molecule has 222 valence electrons. The van der Waals surface area contributed by atoms with Crippen LogP contribution in [0, 0.1) is 0 Å². The summed E-state index contributed by atoms with van der Waals surface area (Å²) in [5, 5.41) is 117. The van der Waals surface area contributed by atoms with E-state index in [1.165, 1.54) is 0 Å². The van der Waals surface area contributed by atoms with Gasteiger partial charge >= 0.3 is 26.2 Å². The van der Waals surface area contributed by atoms with Crippen LogP contribution in [0.2, 0.25) is 0 Å². The van der Waals surface area contributed by atoms with Crippen molar-refractivity contribution in [3.05, 3.63) is 0 Å². The standard InChI is InChI=1S/3C6H8O7.Zr/c3*7-3(8)1-6(13,5(11)12)2-4(9)10;/h3*13H,1-2H2,(H,7,8)(H,9,10)(H,11,12);/q;;;+4/p-9. The van der Waals surface area contributed by atoms with Crippen LogP contribution < -0.4 is 46.0 Å². The average Bonchev–Trinajstić information content (AvgIpc) is 2.64. The SMILES string of the molecule is O=C([O-])CC(O)(CC(=O)[O-])C(=O)[O-].O=C([O-])CC(O)(CC(=O)[O-])C(=O)[O-].O=C([O-])CC(O)(CC(=O)[O-])C(=O)[O-].[Zr+4]. The minimum absolute atomic E-state index is 0. The predicted molar refractivity (Wildman–Crippen MR) is 87.6 cm³/mol. The fourth-order valence-electron chi connectivity index (χ4n) is 2.05. The maximum atomic E-state index is 10.1. The molecule has 0 saturated carbocycles. The molecule has 0 atom stereocenters. The van der Waals surface area contributed by atoms with E-state index >= 15 is 0 Å². The van der Waals surface area contributed by atoms with Crippen LogP contribution in [-0.2, 0) is 69.4 Å². The fourth-order valence-corrected chi connectivity index (χ4v) is 2.05. The molecule has 0 fully saturated rings. The second-order valence-corrected chi connectivity index (χ2v) is 7.25. The van der Waals surface area contributed by atoms with Crippen LogP contribution in [0.3, 0.4) is 0 Å². The van der Waals surface area contributed by atoms with Gasteiger partial charge in [-0.05, 0) is 0 Å². The van der Waals surface area contributed by atoms with E-state index in [1.807, 2.05) is 0 Å². The first kappa shape index (κ1) is 43.1. The summed E-state index contributed by atoms with van der Waals surface area (Å²) in [4.78, 5) is 90.0. The Balaban J connectivity index is -0.000000240. The smallest absolute Gasteiger partial charge is 0.550 e. The Bertz CT molecular complexity index is 812. The van der Waals surface area contributed by atoms with Gasteiger partial charge < -0.3 is 104 Å². The quantitative estimate of drug-likeness (QED) is 0.147. The number of aliphatic hydroxyl groups is 3. The third kappa shape index (κ3) is 19.1. The first-order chi connectivity index (χ1) is 17.3. The van der Waals surface area contributed by atoms with E-state index in [9.17, 15) is 89.1 Å². The first-order valence-corrected chi connectivity index (χ1v) is 9.34. The van der Waals surface area contributed by atoms with E-state index in [-0.39, 0.29) is 26.2 Å². The molecule has 22 heteroatoms. The topological polar surface area (TPSA) is 422 Å².